The Bertz CT molecular complexity index is 1290. The van der Waals surface area contributed by atoms with Gasteiger partial charge in [-0.15, -0.1) is 10.3 Å². The van der Waals surface area contributed by atoms with Gasteiger partial charge in [0.1, 0.15) is 19.8 Å². The Kier molecular flexibility index (Phi) is 33.6. The summed E-state index contributed by atoms with van der Waals surface area (Å²) in [4.78, 5) is 38.5. The van der Waals surface area contributed by atoms with Gasteiger partial charge in [-0.05, 0) is 91.9 Å². The Balaban J connectivity index is 2.53. The Morgan fingerprint density at radius 3 is 1.45 bits per heavy atom. The topological polar surface area (TPSA) is 134 Å². The molecule has 0 aromatic rings. The molecule has 0 aromatic heterocycles. The maximum atomic E-state index is 12.9. The highest BCUT2D eigenvalue weighted by molar-refractivity contribution is 7.45. The van der Waals surface area contributed by atoms with Gasteiger partial charge in [0.05, 0.1) is 26.7 Å². The molecule has 0 saturated carbocycles. The summed E-state index contributed by atoms with van der Waals surface area (Å²) in [6.07, 6.45) is 40.0. The number of phosphoric ester groups is 1. The molecule has 375 valence electrons. The second-order valence-electron chi connectivity index (χ2n) is 20.5. The number of likely N-dealkylation sites (N-methyl/N-ethyl adjacent to an activating group) is 1. The molecule has 0 aliphatic carbocycles. The summed E-state index contributed by atoms with van der Waals surface area (Å²) in [5, 5.41) is 14.1. The Labute approximate surface area is 393 Å². The van der Waals surface area contributed by atoms with Gasteiger partial charge in [-0.25, -0.2) is 0 Å². The van der Waals surface area contributed by atoms with Crippen LogP contribution in [0.2, 0.25) is 0 Å². The Morgan fingerprint density at radius 2 is 1.02 bits per heavy atom. The van der Waals surface area contributed by atoms with E-state index < -0.39 is 43.6 Å². The molecular formula is C52H98N2O9P. The summed E-state index contributed by atoms with van der Waals surface area (Å²) in [7, 11) is -0.740. The van der Waals surface area contributed by atoms with E-state index in [9.17, 15) is 24.3 Å². The molecule has 0 amide bonds. The first-order chi connectivity index (χ1) is 30.5. The van der Waals surface area contributed by atoms with Crippen LogP contribution in [-0.4, -0.2) is 85.2 Å². The van der Waals surface area contributed by atoms with Gasteiger partial charge >= 0.3 is 11.9 Å². The number of allylic oxidation sites excluding steroid dienone is 4. The van der Waals surface area contributed by atoms with Crippen LogP contribution in [0.15, 0.2) is 24.3 Å². The monoisotopic (exact) mass is 926 g/mol. The standard InChI is InChI=1S/C52H98N2O9P/c1-9-11-13-15-17-19-21-23-25-27-29-31-33-35-37-39-49(55)60-45-48(63-50(56)40-38-36-34-32-30-28-26-24-22-20-18-16-14-12-10-2)46-62-64(58,59)61-42-41-54(7,8)47-43-51(3,4)53(57)52(5,6)44-47/h23-26,47-48H,9-22,27-46H2,1-8H3/b25-23-,26-24-/t48-/m1/s1. The van der Waals surface area contributed by atoms with Crippen molar-refractivity contribution in [3.63, 3.8) is 0 Å². The van der Waals surface area contributed by atoms with Crippen molar-refractivity contribution < 1.29 is 47.3 Å². The van der Waals surface area contributed by atoms with Crippen LogP contribution in [0.3, 0.4) is 0 Å². The van der Waals surface area contributed by atoms with E-state index in [0.717, 1.165) is 70.6 Å². The smallest absolute Gasteiger partial charge is 0.306 e. The average Bonchev–Trinajstić information content (AvgIpc) is 3.23. The number of rotatable bonds is 41. The Hall–Kier alpha value is -1.59. The zero-order valence-corrected chi connectivity index (χ0v) is 43.4. The third kappa shape index (κ3) is 30.6. The zero-order chi connectivity index (χ0) is 47.6. The molecule has 1 fully saturated rings. The van der Waals surface area contributed by atoms with Gasteiger partial charge in [0.2, 0.25) is 0 Å². The first-order valence-corrected chi connectivity index (χ1v) is 27.5. The number of ether oxygens (including phenoxy) is 2. The average molecular weight is 926 g/mol. The van der Waals surface area contributed by atoms with Crippen LogP contribution in [0.1, 0.15) is 234 Å². The molecule has 1 aliphatic rings. The SMILES string of the molecule is CCCCCCCC/C=C\CCCCCCCC(=O)OC[C@H](COP(=O)([O-])OCC[N+](C)(C)C1CC(C)(C)N([O])C(C)(C)C1)OC(=O)CCCCCCC/C=C\CCCCCCCC. The molecule has 0 bridgehead atoms. The molecule has 1 rings (SSSR count). The highest BCUT2D eigenvalue weighted by Gasteiger charge is 2.50. The van der Waals surface area contributed by atoms with E-state index >= 15 is 0 Å². The number of nitrogens with zero attached hydrogens (tertiary/aromatic N) is 2. The fraction of sp³-hybridized carbons (Fsp3) is 0.885. The number of hydrogen-bond donors (Lipinski definition) is 0. The molecule has 1 heterocycles. The van der Waals surface area contributed by atoms with Crippen LogP contribution >= 0.6 is 7.82 Å². The van der Waals surface area contributed by atoms with Crippen molar-refractivity contribution in [1.82, 2.24) is 5.06 Å². The van der Waals surface area contributed by atoms with Crippen LogP contribution in [0.4, 0.5) is 0 Å². The summed E-state index contributed by atoms with van der Waals surface area (Å²) in [6.45, 7) is 11.7. The van der Waals surface area contributed by atoms with E-state index in [0.29, 0.717) is 36.7 Å². The second-order valence-corrected chi connectivity index (χ2v) is 21.9. The molecule has 1 saturated heterocycles. The molecule has 1 radical (unpaired) electrons. The van der Waals surface area contributed by atoms with E-state index in [1.165, 1.54) is 88.5 Å². The summed E-state index contributed by atoms with van der Waals surface area (Å²) in [5.41, 5.74) is -1.10. The van der Waals surface area contributed by atoms with E-state index in [-0.39, 0.29) is 32.1 Å². The fourth-order valence-electron chi connectivity index (χ4n) is 8.79. The summed E-state index contributed by atoms with van der Waals surface area (Å²) < 4.78 is 35.1. The molecule has 0 N–H and O–H groups in total. The first kappa shape index (κ1) is 60.4. The van der Waals surface area contributed by atoms with Crippen molar-refractivity contribution in [1.29, 1.82) is 0 Å². The predicted molar refractivity (Wildman–Crippen MR) is 260 cm³/mol. The van der Waals surface area contributed by atoms with Crippen molar-refractivity contribution in [3.8, 4) is 0 Å². The second kappa shape index (κ2) is 35.5. The number of carbonyl (C=O) groups is 2. The fourth-order valence-corrected chi connectivity index (χ4v) is 9.51. The minimum atomic E-state index is -4.78. The van der Waals surface area contributed by atoms with Crippen LogP contribution in [-0.2, 0) is 37.9 Å². The van der Waals surface area contributed by atoms with Crippen LogP contribution < -0.4 is 4.89 Å². The largest absolute Gasteiger partial charge is 0.756 e. The van der Waals surface area contributed by atoms with Gasteiger partial charge in [0.15, 0.2) is 6.10 Å². The van der Waals surface area contributed by atoms with Gasteiger partial charge in [-0.1, -0.05) is 141 Å². The van der Waals surface area contributed by atoms with Crippen molar-refractivity contribution in [3.05, 3.63) is 24.3 Å². The third-order valence-electron chi connectivity index (χ3n) is 12.9. The number of piperidine rings is 1. The molecule has 64 heavy (non-hydrogen) atoms. The summed E-state index contributed by atoms with van der Waals surface area (Å²) in [6, 6.07) is 0.123. The number of esters is 2. The lowest BCUT2D eigenvalue weighted by Gasteiger charge is -2.53. The number of unbranched alkanes of at least 4 members (excludes halogenated alkanes) is 22. The van der Waals surface area contributed by atoms with Crippen molar-refractivity contribution in [2.75, 3.05) is 40.5 Å². The molecule has 0 spiro atoms. The predicted octanol–water partition coefficient (Wildman–Crippen LogP) is 13.5. The van der Waals surface area contributed by atoms with Gasteiger partial charge in [-0.3, -0.25) is 14.2 Å². The maximum absolute atomic E-state index is 12.9. The molecule has 12 heteroatoms. The van der Waals surface area contributed by atoms with Crippen LogP contribution in [0.25, 0.3) is 0 Å². The minimum absolute atomic E-state index is 0.114. The normalized spacial score (nSPS) is 17.3. The molecule has 2 atom stereocenters. The van der Waals surface area contributed by atoms with E-state index in [2.05, 4.69) is 38.2 Å². The minimum Gasteiger partial charge on any atom is -0.756 e. The van der Waals surface area contributed by atoms with Crippen molar-refractivity contribution >= 4 is 19.8 Å². The highest BCUT2D eigenvalue weighted by Crippen LogP contribution is 2.42. The highest BCUT2D eigenvalue weighted by atomic mass is 31.2. The van der Waals surface area contributed by atoms with Gasteiger partial charge in [0.25, 0.3) is 7.82 Å². The number of phosphoric acid groups is 1. The lowest BCUT2D eigenvalue weighted by molar-refractivity contribution is -0.918. The van der Waals surface area contributed by atoms with Gasteiger partial charge in [-0.2, -0.15) is 0 Å². The molecule has 1 unspecified atom stereocenters. The lowest BCUT2D eigenvalue weighted by Crippen LogP contribution is -2.66. The maximum Gasteiger partial charge on any atom is 0.306 e. The summed E-state index contributed by atoms with van der Waals surface area (Å²) >= 11 is 0. The van der Waals surface area contributed by atoms with Crippen LogP contribution in [0, 0.1) is 0 Å². The number of hydroxylamine groups is 2. The van der Waals surface area contributed by atoms with Crippen molar-refractivity contribution in [2.45, 2.75) is 257 Å². The van der Waals surface area contributed by atoms with E-state index in [1.807, 2.05) is 41.8 Å². The third-order valence-corrected chi connectivity index (χ3v) is 13.9. The molecule has 0 aromatic carbocycles. The molecule has 1 aliphatic heterocycles. The van der Waals surface area contributed by atoms with Crippen molar-refractivity contribution in [2.24, 2.45) is 0 Å². The van der Waals surface area contributed by atoms with E-state index in [4.69, 9.17) is 18.5 Å². The van der Waals surface area contributed by atoms with Gasteiger partial charge < -0.3 is 27.9 Å². The quantitative estimate of drug-likeness (QED) is 0.0193. The molecular weight excluding hydrogens is 828 g/mol. The zero-order valence-electron chi connectivity index (χ0n) is 42.5. The number of carbonyl (C=O) groups excluding carboxylic acids is 2. The molecule has 11 nitrogen and oxygen atoms in total. The van der Waals surface area contributed by atoms with Gasteiger partial charge in [0, 0.05) is 36.8 Å². The number of quaternary nitrogens is 1. The number of hydrogen-bond acceptors (Lipinski definition) is 9. The first-order valence-electron chi connectivity index (χ1n) is 26.0. The van der Waals surface area contributed by atoms with Crippen LogP contribution in [0.5, 0.6) is 0 Å². The Morgan fingerprint density at radius 1 is 0.625 bits per heavy atom. The summed E-state index contributed by atoms with van der Waals surface area (Å²) in [5.74, 6) is -0.887. The van der Waals surface area contributed by atoms with E-state index in [1.54, 1.807) is 0 Å². The lowest BCUT2D eigenvalue weighted by atomic mass is 9.77.